The van der Waals surface area contributed by atoms with E-state index in [2.05, 4.69) is 18.9 Å². The lowest BCUT2D eigenvalue weighted by Gasteiger charge is -2.25. The Kier molecular flexibility index (Phi) is 8.29. The molecule has 2 saturated heterocycles. The highest BCUT2D eigenvalue weighted by molar-refractivity contribution is 7.44. The average Bonchev–Trinajstić information content (AvgIpc) is 3.13. The molecular formula is C14H27B2NO5P. The first kappa shape index (κ1) is 19.6. The monoisotopic (exact) mass is 342 g/mol. The Morgan fingerprint density at radius 2 is 2.04 bits per heavy atom. The highest BCUT2D eigenvalue weighted by Crippen LogP contribution is 2.40. The second-order valence-corrected chi connectivity index (χ2v) is 7.40. The van der Waals surface area contributed by atoms with E-state index in [1.807, 2.05) is 7.05 Å². The highest BCUT2D eigenvalue weighted by Gasteiger charge is 2.37. The molecule has 3 unspecified atom stereocenters. The largest absolute Gasteiger partial charge is 0.382 e. The second-order valence-electron chi connectivity index (χ2n) is 5.96. The van der Waals surface area contributed by atoms with Crippen LogP contribution in [0.4, 0.5) is 0 Å². The number of hydrogen-bond acceptors (Lipinski definition) is 6. The fourth-order valence-corrected chi connectivity index (χ4v) is 4.11. The third-order valence-electron chi connectivity index (χ3n) is 4.30. The molecule has 1 N–H and O–H groups in total. The molecule has 9 heteroatoms. The fourth-order valence-electron chi connectivity index (χ4n) is 3.07. The molecule has 2 aliphatic heterocycles. The summed E-state index contributed by atoms with van der Waals surface area (Å²) in [7, 11) is 9.52. The predicted molar refractivity (Wildman–Crippen MR) is 91.6 cm³/mol. The van der Waals surface area contributed by atoms with Crippen LogP contribution in [0.3, 0.4) is 0 Å². The van der Waals surface area contributed by atoms with Crippen molar-refractivity contribution in [1.82, 2.24) is 5.09 Å². The van der Waals surface area contributed by atoms with Gasteiger partial charge in [0.15, 0.2) is 0 Å². The summed E-state index contributed by atoms with van der Waals surface area (Å²) in [6.45, 7) is 4.58. The molecule has 2 heterocycles. The Hall–Kier alpha value is 0.320. The lowest BCUT2D eigenvalue weighted by atomic mass is 9.51. The molecule has 2 aliphatic rings. The van der Waals surface area contributed by atoms with Crippen LogP contribution in [-0.4, -0.2) is 72.2 Å². The van der Waals surface area contributed by atoms with Gasteiger partial charge in [0.05, 0.1) is 38.2 Å². The van der Waals surface area contributed by atoms with Gasteiger partial charge in [-0.25, -0.2) is 0 Å². The van der Waals surface area contributed by atoms with E-state index in [-0.39, 0.29) is 36.5 Å². The van der Waals surface area contributed by atoms with Gasteiger partial charge in [0, 0.05) is 27.3 Å². The molecule has 0 spiro atoms. The minimum Gasteiger partial charge on any atom is -0.382 e. The maximum atomic E-state index is 6.09. The minimum absolute atomic E-state index is 0.00926. The molecule has 7 atom stereocenters. The van der Waals surface area contributed by atoms with Gasteiger partial charge in [-0.3, -0.25) is 5.09 Å². The molecule has 0 aliphatic carbocycles. The quantitative estimate of drug-likeness (QED) is 0.504. The number of rotatable bonds is 9. The van der Waals surface area contributed by atoms with Crippen molar-refractivity contribution < 1.29 is 23.3 Å². The summed E-state index contributed by atoms with van der Waals surface area (Å²) in [5.74, 6) is 0. The first-order chi connectivity index (χ1) is 11.1. The van der Waals surface area contributed by atoms with Crippen molar-refractivity contribution in [3.05, 3.63) is 0 Å². The second kappa shape index (κ2) is 9.71. The molecule has 6 nitrogen and oxygen atoms in total. The van der Waals surface area contributed by atoms with Crippen molar-refractivity contribution in [3.63, 3.8) is 0 Å². The van der Waals surface area contributed by atoms with Crippen LogP contribution >= 0.6 is 8.53 Å². The lowest BCUT2D eigenvalue weighted by molar-refractivity contribution is -0.0277. The van der Waals surface area contributed by atoms with Crippen LogP contribution in [0.15, 0.2) is 0 Å². The number of hydrogen-bond donors (Lipinski definition) is 1. The first-order valence-electron chi connectivity index (χ1n) is 8.27. The van der Waals surface area contributed by atoms with Crippen molar-refractivity contribution in [1.29, 1.82) is 0 Å². The van der Waals surface area contributed by atoms with Crippen molar-refractivity contribution in [2.45, 2.75) is 69.6 Å². The molecule has 0 aromatic heterocycles. The zero-order valence-electron chi connectivity index (χ0n) is 14.4. The van der Waals surface area contributed by atoms with E-state index in [9.17, 15) is 0 Å². The third kappa shape index (κ3) is 5.40. The van der Waals surface area contributed by atoms with Gasteiger partial charge in [0.2, 0.25) is 0 Å². The first-order valence-corrected chi connectivity index (χ1v) is 9.44. The molecule has 0 amide bonds. The number of ether oxygens (including phenoxy) is 3. The molecule has 23 heavy (non-hydrogen) atoms. The van der Waals surface area contributed by atoms with Gasteiger partial charge >= 0.3 is 0 Å². The van der Waals surface area contributed by atoms with Gasteiger partial charge < -0.3 is 23.3 Å². The van der Waals surface area contributed by atoms with E-state index in [1.165, 1.54) is 0 Å². The summed E-state index contributed by atoms with van der Waals surface area (Å²) in [6, 6.07) is -0.0458. The van der Waals surface area contributed by atoms with E-state index in [1.54, 1.807) is 14.3 Å². The average molecular weight is 342 g/mol. The summed E-state index contributed by atoms with van der Waals surface area (Å²) in [6.07, 6.45) is 2.81. The summed E-state index contributed by atoms with van der Waals surface area (Å²) in [4.78, 5) is 0. The van der Waals surface area contributed by atoms with Gasteiger partial charge in [-0.2, -0.15) is 0 Å². The Balaban J connectivity index is 1.81. The third-order valence-corrected chi connectivity index (χ3v) is 5.52. The van der Waals surface area contributed by atoms with Gasteiger partial charge in [0.25, 0.3) is 8.53 Å². The van der Waals surface area contributed by atoms with Crippen LogP contribution < -0.4 is 5.09 Å². The Morgan fingerprint density at radius 3 is 2.65 bits per heavy atom. The van der Waals surface area contributed by atoms with Crippen molar-refractivity contribution >= 4 is 23.4 Å². The zero-order chi connectivity index (χ0) is 16.8. The fraction of sp³-hybridized carbons (Fsp3) is 1.00. The van der Waals surface area contributed by atoms with Crippen molar-refractivity contribution in [3.8, 4) is 0 Å². The Morgan fingerprint density at radius 1 is 1.26 bits per heavy atom. The van der Waals surface area contributed by atoms with Crippen LogP contribution in [0, 0.1) is 0 Å². The maximum absolute atomic E-state index is 6.09. The maximum Gasteiger partial charge on any atom is 0.256 e. The van der Waals surface area contributed by atoms with E-state index in [4.69, 9.17) is 31.0 Å². The summed E-state index contributed by atoms with van der Waals surface area (Å²) in [5.41, 5.74) is 0. The SMILES string of the molecule is [B][B][C@H]1CC(OP(NC)OC[C@H]2O[C@@H](C)CC2OC)[C@@H](CC)O1. The number of nitrogens with one attached hydrogen (secondary N) is 1. The van der Waals surface area contributed by atoms with Crippen LogP contribution in [0.5, 0.6) is 0 Å². The van der Waals surface area contributed by atoms with Gasteiger partial charge in [-0.15, -0.1) is 0 Å². The molecule has 0 saturated carbocycles. The lowest BCUT2D eigenvalue weighted by Crippen LogP contribution is -2.29. The van der Waals surface area contributed by atoms with Gasteiger partial charge in [-0.05, 0) is 26.8 Å². The summed E-state index contributed by atoms with van der Waals surface area (Å²) < 4.78 is 29.1. The molecule has 2 fully saturated rings. The van der Waals surface area contributed by atoms with E-state index < -0.39 is 8.53 Å². The summed E-state index contributed by atoms with van der Waals surface area (Å²) >= 11 is 0. The van der Waals surface area contributed by atoms with E-state index in [0.717, 1.165) is 19.3 Å². The summed E-state index contributed by atoms with van der Waals surface area (Å²) in [5, 5.41) is 3.10. The van der Waals surface area contributed by atoms with Gasteiger partial charge in [0.1, 0.15) is 6.10 Å². The minimum atomic E-state index is -1.20. The highest BCUT2D eigenvalue weighted by atomic mass is 31.2. The Labute approximate surface area is 142 Å². The number of methoxy groups -OCH3 is 1. The Bertz CT molecular complexity index is 357. The zero-order valence-corrected chi connectivity index (χ0v) is 15.3. The van der Waals surface area contributed by atoms with Crippen LogP contribution in [0.2, 0.25) is 0 Å². The molecule has 3 radical (unpaired) electrons. The van der Waals surface area contributed by atoms with Gasteiger partial charge in [-0.1, -0.05) is 6.92 Å². The molecule has 2 rings (SSSR count). The molecule has 129 valence electrons. The topological polar surface area (TPSA) is 58.2 Å². The molecule has 0 aromatic rings. The van der Waals surface area contributed by atoms with Crippen LogP contribution in [0.25, 0.3) is 0 Å². The van der Waals surface area contributed by atoms with E-state index in [0.29, 0.717) is 6.61 Å². The predicted octanol–water partition coefficient (Wildman–Crippen LogP) is 1.34. The van der Waals surface area contributed by atoms with Crippen molar-refractivity contribution in [2.24, 2.45) is 0 Å². The molecule has 0 aromatic carbocycles. The molecular weight excluding hydrogens is 315 g/mol. The van der Waals surface area contributed by atoms with Crippen molar-refractivity contribution in [2.75, 3.05) is 20.8 Å². The normalized spacial score (nSPS) is 38.8. The van der Waals surface area contributed by atoms with E-state index >= 15 is 0 Å². The molecule has 0 bridgehead atoms. The standard InChI is InChI=1S/C14H27B2NO5P/c1-5-10-12(7-14(16-15)21-10)22-23(17-3)19-8-13-11(18-4)6-9(2)20-13/h9-14,17H,5-8H2,1-4H3/t9-,10+,11?,12?,13+,14+,23?/m0/s1. The van der Waals surface area contributed by atoms with Crippen LogP contribution in [0.1, 0.15) is 33.1 Å². The smallest absolute Gasteiger partial charge is 0.256 e. The van der Waals surface area contributed by atoms with Crippen LogP contribution in [-0.2, 0) is 23.3 Å².